The van der Waals surface area contributed by atoms with Crippen molar-refractivity contribution in [3.05, 3.63) is 77.3 Å². The van der Waals surface area contributed by atoms with E-state index in [1.807, 2.05) is 42.5 Å². The highest BCUT2D eigenvalue weighted by Gasteiger charge is 2.08. The highest BCUT2D eigenvalue weighted by Crippen LogP contribution is 2.26. The normalized spacial score (nSPS) is 11.6. The predicted molar refractivity (Wildman–Crippen MR) is 103 cm³/mol. The standard InChI is InChI=1S/C19H15ClN2OS/c20-15-10-8-14(9-11-15)18(23)12-24-19(21)22-17-7-3-5-13-4-1-2-6-16(13)17/h1-11H,12H2,(H2,21,22). The molecule has 0 saturated heterocycles. The molecule has 3 rings (SSSR count). The molecule has 0 amide bonds. The van der Waals surface area contributed by atoms with Gasteiger partial charge in [0.05, 0.1) is 11.4 Å². The summed E-state index contributed by atoms with van der Waals surface area (Å²) >= 11 is 7.06. The van der Waals surface area contributed by atoms with E-state index in [0.29, 0.717) is 15.8 Å². The Balaban J connectivity index is 1.72. The minimum absolute atomic E-state index is 0.00673. The van der Waals surface area contributed by atoms with Crippen LogP contribution >= 0.6 is 23.4 Å². The minimum atomic E-state index is -0.00673. The number of aliphatic imine (C=N–C) groups is 1. The quantitative estimate of drug-likeness (QED) is 0.405. The van der Waals surface area contributed by atoms with Crippen molar-refractivity contribution in [3.8, 4) is 0 Å². The van der Waals surface area contributed by atoms with E-state index in [1.165, 1.54) is 11.8 Å². The lowest BCUT2D eigenvalue weighted by atomic mass is 10.1. The van der Waals surface area contributed by atoms with Gasteiger partial charge in [0.25, 0.3) is 0 Å². The van der Waals surface area contributed by atoms with Crippen LogP contribution in [0, 0.1) is 0 Å². The molecule has 3 nitrogen and oxygen atoms in total. The summed E-state index contributed by atoms with van der Waals surface area (Å²) < 4.78 is 0. The Morgan fingerprint density at radius 2 is 1.71 bits per heavy atom. The van der Waals surface area contributed by atoms with Gasteiger partial charge >= 0.3 is 0 Å². The number of nitrogens with zero attached hydrogens (tertiary/aromatic N) is 1. The van der Waals surface area contributed by atoms with Crippen LogP contribution in [-0.2, 0) is 0 Å². The fourth-order valence-corrected chi connectivity index (χ4v) is 3.05. The summed E-state index contributed by atoms with van der Waals surface area (Å²) in [6.45, 7) is 0. The number of amidine groups is 1. The van der Waals surface area contributed by atoms with E-state index in [2.05, 4.69) is 4.99 Å². The zero-order valence-corrected chi connectivity index (χ0v) is 14.3. The van der Waals surface area contributed by atoms with Gasteiger partial charge in [-0.05, 0) is 35.7 Å². The molecule has 0 fully saturated rings. The highest BCUT2D eigenvalue weighted by molar-refractivity contribution is 8.14. The van der Waals surface area contributed by atoms with Gasteiger partial charge in [0.15, 0.2) is 11.0 Å². The summed E-state index contributed by atoms with van der Waals surface area (Å²) in [6.07, 6.45) is 0. The van der Waals surface area contributed by atoms with E-state index >= 15 is 0 Å². The molecule has 3 aromatic rings. The first-order valence-electron chi connectivity index (χ1n) is 7.37. The molecule has 0 saturated carbocycles. The SMILES string of the molecule is NC(=Nc1cccc2ccccc12)SCC(=O)c1ccc(Cl)cc1. The number of Topliss-reactive ketones (excluding diaryl/α,β-unsaturated/α-hetero) is 1. The molecule has 0 aromatic heterocycles. The number of hydrogen-bond donors (Lipinski definition) is 1. The lowest BCUT2D eigenvalue weighted by molar-refractivity contribution is 0.102. The summed E-state index contributed by atoms with van der Waals surface area (Å²) in [5.41, 5.74) is 7.41. The van der Waals surface area contributed by atoms with Crippen molar-refractivity contribution < 1.29 is 4.79 Å². The minimum Gasteiger partial charge on any atom is -0.378 e. The predicted octanol–water partition coefficient (Wildman–Crippen LogP) is 5.06. The molecular formula is C19H15ClN2OS. The molecule has 5 heteroatoms. The van der Waals surface area contributed by atoms with Gasteiger partial charge in [-0.2, -0.15) is 0 Å². The third kappa shape index (κ3) is 3.96. The average Bonchev–Trinajstić information content (AvgIpc) is 2.61. The Morgan fingerprint density at radius 1 is 1.00 bits per heavy atom. The number of rotatable bonds is 4. The van der Waals surface area contributed by atoms with Crippen molar-refractivity contribution >= 4 is 50.8 Å². The Hall–Kier alpha value is -2.30. The van der Waals surface area contributed by atoms with Crippen LogP contribution < -0.4 is 5.73 Å². The number of ketones is 1. The maximum atomic E-state index is 12.2. The zero-order chi connectivity index (χ0) is 16.9. The molecule has 0 aliphatic rings. The van der Waals surface area contributed by atoms with Gasteiger partial charge in [0, 0.05) is 16.0 Å². The smallest absolute Gasteiger partial charge is 0.173 e. The highest BCUT2D eigenvalue weighted by atomic mass is 35.5. The Kier molecular flexibility index (Phi) is 5.18. The van der Waals surface area contributed by atoms with E-state index in [9.17, 15) is 4.79 Å². The van der Waals surface area contributed by atoms with E-state index in [0.717, 1.165) is 16.5 Å². The van der Waals surface area contributed by atoms with Crippen LogP contribution in [0.5, 0.6) is 0 Å². The maximum absolute atomic E-state index is 12.2. The lowest BCUT2D eigenvalue weighted by Gasteiger charge is -2.04. The number of carbonyl (C=O) groups excluding carboxylic acids is 1. The van der Waals surface area contributed by atoms with Crippen LogP contribution in [0.2, 0.25) is 5.02 Å². The molecule has 0 atom stereocenters. The third-order valence-corrected chi connectivity index (χ3v) is 4.56. The van der Waals surface area contributed by atoms with E-state index in [4.69, 9.17) is 17.3 Å². The first-order chi connectivity index (χ1) is 11.6. The first kappa shape index (κ1) is 16.6. The van der Waals surface area contributed by atoms with Crippen molar-refractivity contribution in [2.75, 3.05) is 5.75 Å². The molecule has 2 N–H and O–H groups in total. The average molecular weight is 355 g/mol. The molecule has 24 heavy (non-hydrogen) atoms. The van der Waals surface area contributed by atoms with Crippen LogP contribution in [0.25, 0.3) is 10.8 Å². The summed E-state index contributed by atoms with van der Waals surface area (Å²) in [5, 5.41) is 3.12. The molecule has 0 radical (unpaired) electrons. The molecule has 0 heterocycles. The summed E-state index contributed by atoms with van der Waals surface area (Å²) in [7, 11) is 0. The van der Waals surface area contributed by atoms with Gasteiger partial charge in [0.1, 0.15) is 0 Å². The number of carbonyl (C=O) groups is 1. The van der Waals surface area contributed by atoms with Gasteiger partial charge in [-0.15, -0.1) is 0 Å². The number of thioether (sulfide) groups is 1. The molecule has 120 valence electrons. The second-order valence-corrected chi connectivity index (χ2v) is 6.60. The van der Waals surface area contributed by atoms with Crippen LogP contribution in [-0.4, -0.2) is 16.7 Å². The van der Waals surface area contributed by atoms with Crippen molar-refractivity contribution in [3.63, 3.8) is 0 Å². The fourth-order valence-electron chi connectivity index (χ4n) is 2.32. The van der Waals surface area contributed by atoms with E-state index < -0.39 is 0 Å². The van der Waals surface area contributed by atoms with Gasteiger partial charge in [-0.3, -0.25) is 4.79 Å². The van der Waals surface area contributed by atoms with Crippen LogP contribution in [0.15, 0.2) is 71.7 Å². The summed E-state index contributed by atoms with van der Waals surface area (Å²) in [4.78, 5) is 16.6. The fraction of sp³-hybridized carbons (Fsp3) is 0.0526. The van der Waals surface area contributed by atoms with Gasteiger partial charge in [0.2, 0.25) is 0 Å². The monoisotopic (exact) mass is 354 g/mol. The molecule has 0 spiro atoms. The Morgan fingerprint density at radius 3 is 2.50 bits per heavy atom. The van der Waals surface area contributed by atoms with Crippen LogP contribution in [0.1, 0.15) is 10.4 Å². The molecule has 3 aromatic carbocycles. The number of fused-ring (bicyclic) bond motifs is 1. The first-order valence-corrected chi connectivity index (χ1v) is 8.73. The zero-order valence-electron chi connectivity index (χ0n) is 12.8. The largest absolute Gasteiger partial charge is 0.378 e. The number of nitrogens with two attached hydrogens (primary N) is 1. The van der Waals surface area contributed by atoms with Crippen LogP contribution in [0.4, 0.5) is 5.69 Å². The summed E-state index contributed by atoms with van der Waals surface area (Å²) in [6, 6.07) is 20.7. The third-order valence-electron chi connectivity index (χ3n) is 3.51. The maximum Gasteiger partial charge on any atom is 0.173 e. The number of hydrogen-bond acceptors (Lipinski definition) is 3. The lowest BCUT2D eigenvalue weighted by Crippen LogP contribution is -2.11. The number of benzene rings is 3. The molecule has 0 aliphatic heterocycles. The van der Waals surface area contributed by atoms with Crippen molar-refractivity contribution in [2.24, 2.45) is 10.7 Å². The second kappa shape index (κ2) is 7.51. The molecule has 0 unspecified atom stereocenters. The van der Waals surface area contributed by atoms with Gasteiger partial charge in [-0.25, -0.2) is 4.99 Å². The van der Waals surface area contributed by atoms with Crippen molar-refractivity contribution in [1.82, 2.24) is 0 Å². The van der Waals surface area contributed by atoms with Gasteiger partial charge < -0.3 is 5.73 Å². The van der Waals surface area contributed by atoms with Gasteiger partial charge in [-0.1, -0.05) is 59.8 Å². The molecule has 0 aliphatic carbocycles. The summed E-state index contributed by atoms with van der Waals surface area (Å²) in [5.74, 6) is 0.231. The molecule has 0 bridgehead atoms. The van der Waals surface area contributed by atoms with Crippen LogP contribution in [0.3, 0.4) is 0 Å². The van der Waals surface area contributed by atoms with E-state index in [1.54, 1.807) is 24.3 Å². The second-order valence-electron chi connectivity index (χ2n) is 5.17. The Labute approximate surface area is 149 Å². The van der Waals surface area contributed by atoms with E-state index in [-0.39, 0.29) is 11.5 Å². The number of halogens is 1. The van der Waals surface area contributed by atoms with Crippen molar-refractivity contribution in [1.29, 1.82) is 0 Å². The topological polar surface area (TPSA) is 55.4 Å². The molecular weight excluding hydrogens is 340 g/mol. The van der Waals surface area contributed by atoms with Crippen molar-refractivity contribution in [2.45, 2.75) is 0 Å². The Bertz CT molecular complexity index is 901.